The zero-order valence-corrected chi connectivity index (χ0v) is 7.34. The van der Waals surface area contributed by atoms with Crippen molar-refractivity contribution in [2.75, 3.05) is 0 Å². The number of hydrogen-bond acceptors (Lipinski definition) is 1. The molecule has 1 nitrogen and oxygen atoms in total. The lowest BCUT2D eigenvalue weighted by atomic mass is 10.0. The molecule has 0 spiro atoms. The summed E-state index contributed by atoms with van der Waals surface area (Å²) in [5.74, 6) is -1.38. The SMILES string of the molecule is O=CC(c1cccc(Cl)c1)C(F)F. The van der Waals surface area contributed by atoms with Gasteiger partial charge >= 0.3 is 0 Å². The molecule has 1 aromatic carbocycles. The second kappa shape index (κ2) is 4.33. The van der Waals surface area contributed by atoms with Gasteiger partial charge in [-0.2, -0.15) is 0 Å². The fourth-order valence-electron chi connectivity index (χ4n) is 0.997. The van der Waals surface area contributed by atoms with E-state index in [9.17, 15) is 13.6 Å². The van der Waals surface area contributed by atoms with Crippen LogP contribution in [-0.4, -0.2) is 12.7 Å². The first-order valence-corrected chi connectivity index (χ1v) is 4.02. The first-order valence-electron chi connectivity index (χ1n) is 3.64. The molecule has 13 heavy (non-hydrogen) atoms. The van der Waals surface area contributed by atoms with Crippen molar-refractivity contribution in [1.29, 1.82) is 0 Å². The van der Waals surface area contributed by atoms with Crippen LogP contribution in [0.1, 0.15) is 11.5 Å². The average molecular weight is 205 g/mol. The summed E-state index contributed by atoms with van der Waals surface area (Å²) >= 11 is 5.59. The van der Waals surface area contributed by atoms with Crippen molar-refractivity contribution in [3.8, 4) is 0 Å². The molecule has 0 saturated heterocycles. The van der Waals surface area contributed by atoms with E-state index in [2.05, 4.69) is 0 Å². The fraction of sp³-hybridized carbons (Fsp3) is 0.222. The molecule has 0 aliphatic carbocycles. The van der Waals surface area contributed by atoms with Gasteiger partial charge in [-0.3, -0.25) is 0 Å². The standard InChI is InChI=1S/C9H7ClF2O/c10-7-3-1-2-6(4-7)8(5-13)9(11)12/h1-5,8-9H. The van der Waals surface area contributed by atoms with Crippen LogP contribution in [0, 0.1) is 0 Å². The van der Waals surface area contributed by atoms with Crippen molar-refractivity contribution in [1.82, 2.24) is 0 Å². The van der Waals surface area contributed by atoms with Crippen LogP contribution in [0.4, 0.5) is 8.78 Å². The summed E-state index contributed by atoms with van der Waals surface area (Å²) in [5, 5.41) is 0.352. The van der Waals surface area contributed by atoms with E-state index >= 15 is 0 Å². The average Bonchev–Trinajstić information content (AvgIpc) is 2.04. The third-order valence-electron chi connectivity index (χ3n) is 1.65. The summed E-state index contributed by atoms with van der Waals surface area (Å²) in [5.41, 5.74) is 0.248. The molecule has 1 aromatic rings. The van der Waals surface area contributed by atoms with E-state index in [0.29, 0.717) is 5.02 Å². The molecule has 0 saturated carbocycles. The fourth-order valence-corrected chi connectivity index (χ4v) is 1.20. The van der Waals surface area contributed by atoms with E-state index in [4.69, 9.17) is 11.6 Å². The van der Waals surface area contributed by atoms with Crippen LogP contribution in [0.15, 0.2) is 24.3 Å². The van der Waals surface area contributed by atoms with Crippen molar-refractivity contribution in [3.05, 3.63) is 34.9 Å². The third kappa shape index (κ3) is 2.49. The molecule has 0 aliphatic rings. The van der Waals surface area contributed by atoms with Gasteiger partial charge in [0.2, 0.25) is 0 Å². The number of carbonyl (C=O) groups excluding carboxylic acids is 1. The van der Waals surface area contributed by atoms with Crippen molar-refractivity contribution in [2.24, 2.45) is 0 Å². The summed E-state index contributed by atoms with van der Waals surface area (Å²) in [4.78, 5) is 10.3. The molecule has 0 bridgehead atoms. The largest absolute Gasteiger partial charge is 0.302 e. The molecule has 0 amide bonds. The first kappa shape index (κ1) is 10.1. The van der Waals surface area contributed by atoms with Gasteiger partial charge in [0.05, 0.1) is 0 Å². The van der Waals surface area contributed by atoms with Gasteiger partial charge in [0.15, 0.2) is 0 Å². The molecular weight excluding hydrogens is 198 g/mol. The van der Waals surface area contributed by atoms with Gasteiger partial charge in [0.1, 0.15) is 12.2 Å². The van der Waals surface area contributed by atoms with Crippen LogP contribution < -0.4 is 0 Å². The van der Waals surface area contributed by atoms with Crippen LogP contribution in [-0.2, 0) is 4.79 Å². The lowest BCUT2D eigenvalue weighted by molar-refractivity contribution is -0.111. The Morgan fingerprint density at radius 2 is 2.08 bits per heavy atom. The van der Waals surface area contributed by atoms with Gasteiger partial charge < -0.3 is 4.79 Å². The van der Waals surface area contributed by atoms with Gasteiger partial charge in [0.25, 0.3) is 6.43 Å². The maximum absolute atomic E-state index is 12.2. The summed E-state index contributed by atoms with van der Waals surface area (Å²) in [6.45, 7) is 0. The maximum Gasteiger partial charge on any atom is 0.252 e. The molecule has 0 fully saturated rings. The Hall–Kier alpha value is -0.960. The summed E-state index contributed by atoms with van der Waals surface area (Å²) < 4.78 is 24.5. The number of rotatable bonds is 3. The zero-order chi connectivity index (χ0) is 9.84. The highest BCUT2D eigenvalue weighted by Crippen LogP contribution is 2.23. The minimum absolute atomic E-state index is 0.232. The molecule has 0 radical (unpaired) electrons. The lowest BCUT2D eigenvalue weighted by Gasteiger charge is -2.08. The van der Waals surface area contributed by atoms with Crippen molar-refractivity contribution < 1.29 is 13.6 Å². The number of carbonyl (C=O) groups is 1. The van der Waals surface area contributed by atoms with E-state index in [-0.39, 0.29) is 11.8 Å². The number of hydrogen-bond donors (Lipinski definition) is 0. The Bertz CT molecular complexity index is 301. The molecule has 0 heterocycles. The predicted octanol–water partition coefficient (Wildman–Crippen LogP) is 2.89. The van der Waals surface area contributed by atoms with Gasteiger partial charge in [-0.25, -0.2) is 8.78 Å². The molecule has 1 rings (SSSR count). The number of halogens is 3. The van der Waals surface area contributed by atoms with Crippen molar-refractivity contribution in [2.45, 2.75) is 12.3 Å². The normalized spacial score (nSPS) is 12.9. The van der Waals surface area contributed by atoms with Crippen LogP contribution in [0.25, 0.3) is 0 Å². The second-order valence-corrected chi connectivity index (χ2v) is 2.99. The Balaban J connectivity index is 2.98. The summed E-state index contributed by atoms with van der Waals surface area (Å²) in [6, 6.07) is 5.93. The van der Waals surface area contributed by atoms with E-state index in [1.165, 1.54) is 18.2 Å². The molecule has 1 atom stereocenters. The second-order valence-electron chi connectivity index (χ2n) is 2.55. The quantitative estimate of drug-likeness (QED) is 0.692. The number of aldehydes is 1. The Labute approximate surface area is 79.3 Å². The van der Waals surface area contributed by atoms with Gasteiger partial charge in [-0.15, -0.1) is 0 Å². The Kier molecular flexibility index (Phi) is 3.37. The van der Waals surface area contributed by atoms with E-state index in [0.717, 1.165) is 0 Å². The molecule has 1 unspecified atom stereocenters. The molecule has 0 aliphatic heterocycles. The molecule has 0 aromatic heterocycles. The van der Waals surface area contributed by atoms with Crippen LogP contribution in [0.2, 0.25) is 5.02 Å². The van der Waals surface area contributed by atoms with Gasteiger partial charge in [-0.05, 0) is 17.7 Å². The molecule has 0 N–H and O–H groups in total. The van der Waals surface area contributed by atoms with Crippen molar-refractivity contribution >= 4 is 17.9 Å². The third-order valence-corrected chi connectivity index (χ3v) is 1.89. The highest BCUT2D eigenvalue weighted by atomic mass is 35.5. The van der Waals surface area contributed by atoms with E-state index in [1.54, 1.807) is 6.07 Å². The molecule has 70 valence electrons. The summed E-state index contributed by atoms with van der Waals surface area (Å²) in [7, 11) is 0. The minimum atomic E-state index is -2.68. The number of alkyl halides is 2. The Morgan fingerprint density at radius 1 is 1.38 bits per heavy atom. The van der Waals surface area contributed by atoms with Crippen LogP contribution in [0.5, 0.6) is 0 Å². The van der Waals surface area contributed by atoms with Crippen molar-refractivity contribution in [3.63, 3.8) is 0 Å². The molecular formula is C9H7ClF2O. The van der Waals surface area contributed by atoms with Crippen LogP contribution >= 0.6 is 11.6 Å². The molecule has 4 heteroatoms. The summed E-state index contributed by atoms with van der Waals surface area (Å²) in [6.07, 6.45) is -2.45. The maximum atomic E-state index is 12.2. The Morgan fingerprint density at radius 3 is 2.54 bits per heavy atom. The van der Waals surface area contributed by atoms with Crippen LogP contribution in [0.3, 0.4) is 0 Å². The zero-order valence-electron chi connectivity index (χ0n) is 6.58. The smallest absolute Gasteiger partial charge is 0.252 e. The lowest BCUT2D eigenvalue weighted by Crippen LogP contribution is -2.10. The van der Waals surface area contributed by atoms with E-state index in [1.807, 2.05) is 0 Å². The topological polar surface area (TPSA) is 17.1 Å². The predicted molar refractivity (Wildman–Crippen MR) is 46.3 cm³/mol. The van der Waals surface area contributed by atoms with E-state index < -0.39 is 12.3 Å². The van der Waals surface area contributed by atoms with Gasteiger partial charge in [0, 0.05) is 5.02 Å². The monoisotopic (exact) mass is 204 g/mol. The van der Waals surface area contributed by atoms with Gasteiger partial charge in [-0.1, -0.05) is 23.7 Å². The number of benzene rings is 1. The minimum Gasteiger partial charge on any atom is -0.302 e. The highest BCUT2D eigenvalue weighted by molar-refractivity contribution is 6.30. The highest BCUT2D eigenvalue weighted by Gasteiger charge is 2.21. The first-order chi connectivity index (χ1) is 6.15.